The third-order valence-electron chi connectivity index (χ3n) is 1.66. The normalized spacial score (nSPS) is 10.9. The number of aryl methyl sites for hydroxylation is 1. The largest absolute Gasteiger partial charge is 0.241 e. The summed E-state index contributed by atoms with van der Waals surface area (Å²) in [6.45, 7) is 1.84. The first-order valence-corrected chi connectivity index (χ1v) is 5.54. The molecule has 0 aromatic heterocycles. The summed E-state index contributed by atoms with van der Waals surface area (Å²) in [5.74, 6) is 2.22. The van der Waals surface area contributed by atoms with Crippen LogP contribution in [-0.4, -0.2) is 15.0 Å². The molecular formula is C10H11NO2S. The highest BCUT2D eigenvalue weighted by molar-refractivity contribution is 7.89. The van der Waals surface area contributed by atoms with E-state index in [-0.39, 0.29) is 11.4 Å². The van der Waals surface area contributed by atoms with Crippen molar-refractivity contribution in [1.29, 1.82) is 0 Å². The molecule has 0 saturated heterocycles. The average Bonchev–Trinajstić information content (AvgIpc) is 2.15. The van der Waals surface area contributed by atoms with E-state index in [0.717, 1.165) is 5.56 Å². The maximum Gasteiger partial charge on any atom is 0.241 e. The van der Waals surface area contributed by atoms with Crippen LogP contribution in [0, 0.1) is 19.3 Å². The minimum atomic E-state index is -3.44. The summed E-state index contributed by atoms with van der Waals surface area (Å²) in [6.07, 6.45) is 4.97. The summed E-state index contributed by atoms with van der Waals surface area (Å²) in [4.78, 5) is 0.243. The van der Waals surface area contributed by atoms with Crippen LogP contribution >= 0.6 is 0 Å². The van der Waals surface area contributed by atoms with Gasteiger partial charge in [-0.05, 0) is 24.6 Å². The van der Waals surface area contributed by atoms with Gasteiger partial charge in [-0.15, -0.1) is 6.42 Å². The van der Waals surface area contributed by atoms with E-state index in [1.165, 1.54) is 6.07 Å². The van der Waals surface area contributed by atoms with Gasteiger partial charge in [0.15, 0.2) is 0 Å². The minimum Gasteiger partial charge on any atom is -0.207 e. The zero-order chi connectivity index (χ0) is 10.6. The second-order valence-corrected chi connectivity index (χ2v) is 4.61. The van der Waals surface area contributed by atoms with Gasteiger partial charge in [-0.2, -0.15) is 4.72 Å². The highest BCUT2D eigenvalue weighted by Gasteiger charge is 2.11. The van der Waals surface area contributed by atoms with E-state index < -0.39 is 10.0 Å². The minimum absolute atomic E-state index is 0.0102. The number of hydrogen-bond donors (Lipinski definition) is 1. The zero-order valence-electron chi connectivity index (χ0n) is 7.82. The number of nitrogens with one attached hydrogen (secondary N) is 1. The average molecular weight is 209 g/mol. The summed E-state index contributed by atoms with van der Waals surface area (Å²) in [6, 6.07) is 6.66. The summed E-state index contributed by atoms with van der Waals surface area (Å²) in [5.41, 5.74) is 0.897. The van der Waals surface area contributed by atoms with Gasteiger partial charge in [-0.3, -0.25) is 0 Å². The molecule has 0 atom stereocenters. The zero-order valence-corrected chi connectivity index (χ0v) is 8.64. The molecule has 1 aromatic carbocycles. The monoisotopic (exact) mass is 209 g/mol. The fourth-order valence-electron chi connectivity index (χ4n) is 1.00. The molecule has 0 aliphatic rings. The number of terminal acetylenes is 1. The van der Waals surface area contributed by atoms with Crippen molar-refractivity contribution in [3.63, 3.8) is 0 Å². The maximum absolute atomic E-state index is 11.5. The molecule has 0 bridgehead atoms. The Hall–Kier alpha value is -1.31. The van der Waals surface area contributed by atoms with Crippen LogP contribution in [0.15, 0.2) is 29.2 Å². The van der Waals surface area contributed by atoms with Crippen molar-refractivity contribution < 1.29 is 8.42 Å². The number of benzene rings is 1. The van der Waals surface area contributed by atoms with Gasteiger partial charge >= 0.3 is 0 Å². The van der Waals surface area contributed by atoms with Crippen molar-refractivity contribution in [2.24, 2.45) is 0 Å². The summed E-state index contributed by atoms with van der Waals surface area (Å²) >= 11 is 0. The molecule has 4 heteroatoms. The molecule has 0 heterocycles. The van der Waals surface area contributed by atoms with E-state index in [1.54, 1.807) is 12.1 Å². The highest BCUT2D eigenvalue weighted by atomic mass is 32.2. The van der Waals surface area contributed by atoms with Gasteiger partial charge in [-0.1, -0.05) is 18.1 Å². The van der Waals surface area contributed by atoms with E-state index in [9.17, 15) is 8.42 Å². The summed E-state index contributed by atoms with van der Waals surface area (Å²) in [7, 11) is -3.44. The Labute approximate surface area is 84.2 Å². The van der Waals surface area contributed by atoms with Crippen LogP contribution < -0.4 is 4.72 Å². The molecule has 0 radical (unpaired) electrons. The second kappa shape index (κ2) is 4.27. The van der Waals surface area contributed by atoms with Gasteiger partial charge in [-0.25, -0.2) is 8.42 Å². The van der Waals surface area contributed by atoms with Crippen molar-refractivity contribution in [2.45, 2.75) is 11.8 Å². The molecule has 74 valence electrons. The number of hydrogen-bond acceptors (Lipinski definition) is 2. The van der Waals surface area contributed by atoms with Crippen molar-refractivity contribution >= 4 is 10.0 Å². The van der Waals surface area contributed by atoms with Gasteiger partial charge in [0.25, 0.3) is 0 Å². The smallest absolute Gasteiger partial charge is 0.207 e. The van der Waals surface area contributed by atoms with Crippen molar-refractivity contribution in [2.75, 3.05) is 6.54 Å². The fraction of sp³-hybridized carbons (Fsp3) is 0.200. The molecule has 1 rings (SSSR count). The topological polar surface area (TPSA) is 46.2 Å². The molecular weight excluding hydrogens is 198 g/mol. The quantitative estimate of drug-likeness (QED) is 0.752. The van der Waals surface area contributed by atoms with E-state index in [0.29, 0.717) is 0 Å². The lowest BCUT2D eigenvalue weighted by Gasteiger charge is -2.04. The van der Waals surface area contributed by atoms with Gasteiger partial charge in [0.1, 0.15) is 0 Å². The van der Waals surface area contributed by atoms with Gasteiger partial charge in [0.05, 0.1) is 11.4 Å². The van der Waals surface area contributed by atoms with E-state index >= 15 is 0 Å². The Kier molecular flexibility index (Phi) is 3.28. The van der Waals surface area contributed by atoms with Crippen LogP contribution in [0.1, 0.15) is 5.56 Å². The molecule has 0 saturated carbocycles. The van der Waals surface area contributed by atoms with Crippen molar-refractivity contribution in [3.05, 3.63) is 29.8 Å². The SMILES string of the molecule is C#CCNS(=O)(=O)c1cccc(C)c1. The van der Waals surface area contributed by atoms with Crippen LogP contribution in [0.3, 0.4) is 0 Å². The lowest BCUT2D eigenvalue weighted by molar-refractivity contribution is 0.586. The van der Waals surface area contributed by atoms with Crippen LogP contribution in [0.2, 0.25) is 0 Å². The van der Waals surface area contributed by atoms with Crippen LogP contribution in [0.5, 0.6) is 0 Å². The van der Waals surface area contributed by atoms with E-state index in [1.807, 2.05) is 13.0 Å². The number of rotatable bonds is 3. The van der Waals surface area contributed by atoms with Crippen molar-refractivity contribution in [1.82, 2.24) is 4.72 Å². The Balaban J connectivity index is 3.00. The molecule has 0 aliphatic heterocycles. The second-order valence-electron chi connectivity index (χ2n) is 2.85. The first-order chi connectivity index (χ1) is 6.56. The molecule has 1 N–H and O–H groups in total. The third-order valence-corrected chi connectivity index (χ3v) is 3.06. The first kappa shape index (κ1) is 10.8. The summed E-state index contributed by atoms with van der Waals surface area (Å²) in [5, 5.41) is 0. The van der Waals surface area contributed by atoms with Gasteiger partial charge in [0.2, 0.25) is 10.0 Å². The molecule has 14 heavy (non-hydrogen) atoms. The molecule has 0 spiro atoms. The number of sulfonamides is 1. The Morgan fingerprint density at radius 1 is 1.50 bits per heavy atom. The van der Waals surface area contributed by atoms with Crippen LogP contribution in [-0.2, 0) is 10.0 Å². The molecule has 0 aliphatic carbocycles. The Bertz CT molecular complexity index is 457. The third kappa shape index (κ3) is 2.59. The molecule has 0 fully saturated rings. The Morgan fingerprint density at radius 3 is 2.79 bits per heavy atom. The molecule has 3 nitrogen and oxygen atoms in total. The van der Waals surface area contributed by atoms with Crippen LogP contribution in [0.25, 0.3) is 0 Å². The van der Waals surface area contributed by atoms with E-state index in [4.69, 9.17) is 6.42 Å². The lowest BCUT2D eigenvalue weighted by atomic mass is 10.2. The fourth-order valence-corrected chi connectivity index (χ4v) is 2.04. The van der Waals surface area contributed by atoms with E-state index in [2.05, 4.69) is 10.6 Å². The predicted molar refractivity (Wildman–Crippen MR) is 55.2 cm³/mol. The molecule has 0 amide bonds. The lowest BCUT2D eigenvalue weighted by Crippen LogP contribution is -2.23. The predicted octanol–water partition coefficient (Wildman–Crippen LogP) is 0.907. The van der Waals surface area contributed by atoms with Gasteiger partial charge < -0.3 is 0 Å². The van der Waals surface area contributed by atoms with Crippen molar-refractivity contribution in [3.8, 4) is 12.3 Å². The standard InChI is InChI=1S/C10H11NO2S/c1-3-7-11-14(12,13)10-6-4-5-9(2)8-10/h1,4-6,8,11H,7H2,2H3. The summed E-state index contributed by atoms with van der Waals surface area (Å²) < 4.78 is 25.4. The Morgan fingerprint density at radius 2 is 2.21 bits per heavy atom. The molecule has 0 unspecified atom stereocenters. The first-order valence-electron chi connectivity index (χ1n) is 4.06. The maximum atomic E-state index is 11.5. The molecule has 1 aromatic rings. The highest BCUT2D eigenvalue weighted by Crippen LogP contribution is 2.09. The van der Waals surface area contributed by atoms with Gasteiger partial charge in [0, 0.05) is 0 Å². The van der Waals surface area contributed by atoms with Crippen LogP contribution in [0.4, 0.5) is 0 Å².